The van der Waals surface area contributed by atoms with Crippen LogP contribution in [0.3, 0.4) is 0 Å². The first-order valence-corrected chi connectivity index (χ1v) is 9.18. The van der Waals surface area contributed by atoms with Gasteiger partial charge in [0.1, 0.15) is 6.04 Å². The molecular weight excluding hydrogens is 292 g/mol. The maximum Gasteiger partial charge on any atom is 0.329 e. The van der Waals surface area contributed by atoms with Gasteiger partial charge >= 0.3 is 12.0 Å². The van der Waals surface area contributed by atoms with Crippen LogP contribution in [0.5, 0.6) is 0 Å². The molecule has 0 spiro atoms. The van der Waals surface area contributed by atoms with Crippen LogP contribution >= 0.6 is 0 Å². The van der Waals surface area contributed by atoms with Crippen LogP contribution in [0.15, 0.2) is 0 Å². The largest absolute Gasteiger partial charge is 0.467 e. The minimum Gasteiger partial charge on any atom is -0.467 e. The van der Waals surface area contributed by atoms with Crippen molar-refractivity contribution in [3.05, 3.63) is 0 Å². The van der Waals surface area contributed by atoms with Crippen molar-refractivity contribution in [2.24, 2.45) is 23.2 Å². The Balaban J connectivity index is 1.71. The summed E-state index contributed by atoms with van der Waals surface area (Å²) in [7, 11) is 1.42. The zero-order valence-corrected chi connectivity index (χ0v) is 14.4. The SMILES string of the molecule is CCCCNC(=O)N[C@@H](C(=O)OC)C12CC3CC(CC(C3)C1)C2. The van der Waals surface area contributed by atoms with Gasteiger partial charge in [0.15, 0.2) is 0 Å². The molecule has 4 aliphatic rings. The molecule has 5 nitrogen and oxygen atoms in total. The molecule has 0 aromatic rings. The van der Waals surface area contributed by atoms with Crippen molar-refractivity contribution in [2.45, 2.75) is 64.3 Å². The molecule has 1 atom stereocenters. The Labute approximate surface area is 138 Å². The lowest BCUT2D eigenvalue weighted by Crippen LogP contribution is -2.61. The molecule has 4 rings (SSSR count). The highest BCUT2D eigenvalue weighted by Crippen LogP contribution is 2.61. The van der Waals surface area contributed by atoms with E-state index in [-0.39, 0.29) is 17.4 Å². The summed E-state index contributed by atoms with van der Waals surface area (Å²) in [6, 6.07) is -0.730. The molecule has 2 N–H and O–H groups in total. The van der Waals surface area contributed by atoms with Gasteiger partial charge in [0.2, 0.25) is 0 Å². The third kappa shape index (κ3) is 3.33. The van der Waals surface area contributed by atoms with Crippen LogP contribution in [0, 0.1) is 23.2 Å². The Morgan fingerprint density at radius 3 is 2.17 bits per heavy atom. The predicted molar refractivity (Wildman–Crippen MR) is 87.9 cm³/mol. The van der Waals surface area contributed by atoms with E-state index in [1.165, 1.54) is 26.4 Å². The number of nitrogens with one attached hydrogen (secondary N) is 2. The minimum atomic E-state index is -0.498. The highest BCUT2D eigenvalue weighted by Gasteiger charge is 2.56. The van der Waals surface area contributed by atoms with Gasteiger partial charge in [-0.1, -0.05) is 13.3 Å². The number of urea groups is 1. The molecule has 0 aliphatic heterocycles. The number of methoxy groups -OCH3 is 1. The summed E-state index contributed by atoms with van der Waals surface area (Å²) in [5.74, 6) is 1.92. The van der Waals surface area contributed by atoms with Crippen molar-refractivity contribution >= 4 is 12.0 Å². The fourth-order valence-corrected chi connectivity index (χ4v) is 5.67. The van der Waals surface area contributed by atoms with Crippen molar-refractivity contribution in [2.75, 3.05) is 13.7 Å². The first-order valence-electron chi connectivity index (χ1n) is 9.18. The molecule has 0 heterocycles. The molecule has 0 unspecified atom stereocenters. The highest BCUT2D eigenvalue weighted by molar-refractivity contribution is 5.84. The zero-order valence-electron chi connectivity index (χ0n) is 14.4. The molecule has 130 valence electrons. The molecule has 4 bridgehead atoms. The molecule has 0 aromatic heterocycles. The number of hydrogen-bond acceptors (Lipinski definition) is 3. The quantitative estimate of drug-likeness (QED) is 0.584. The number of carbonyl (C=O) groups is 2. The van der Waals surface area contributed by atoms with E-state index in [1.54, 1.807) is 0 Å². The van der Waals surface area contributed by atoms with E-state index in [0.29, 0.717) is 6.54 Å². The van der Waals surface area contributed by atoms with Gasteiger partial charge in [0.25, 0.3) is 0 Å². The number of amides is 2. The van der Waals surface area contributed by atoms with Crippen molar-refractivity contribution in [3.63, 3.8) is 0 Å². The maximum absolute atomic E-state index is 12.4. The van der Waals surface area contributed by atoms with Crippen LogP contribution in [0.25, 0.3) is 0 Å². The van der Waals surface area contributed by atoms with E-state index in [9.17, 15) is 9.59 Å². The van der Waals surface area contributed by atoms with Crippen molar-refractivity contribution in [3.8, 4) is 0 Å². The Bertz CT molecular complexity index is 428. The summed E-state index contributed by atoms with van der Waals surface area (Å²) in [5, 5.41) is 5.83. The number of ether oxygens (including phenoxy) is 1. The Morgan fingerprint density at radius 2 is 1.70 bits per heavy atom. The summed E-state index contributed by atoms with van der Waals surface area (Å²) < 4.78 is 5.05. The topological polar surface area (TPSA) is 67.4 Å². The van der Waals surface area contributed by atoms with E-state index in [2.05, 4.69) is 17.6 Å². The number of hydrogen-bond donors (Lipinski definition) is 2. The first-order chi connectivity index (χ1) is 11.1. The third-order valence-corrected chi connectivity index (χ3v) is 6.23. The second-order valence-electron chi connectivity index (χ2n) is 7.99. The fraction of sp³-hybridized carbons (Fsp3) is 0.889. The molecule has 23 heavy (non-hydrogen) atoms. The molecule has 5 heteroatoms. The second-order valence-corrected chi connectivity index (χ2v) is 7.99. The van der Waals surface area contributed by atoms with E-state index in [4.69, 9.17) is 4.74 Å². The number of esters is 1. The maximum atomic E-state index is 12.4. The monoisotopic (exact) mass is 322 g/mol. The van der Waals surface area contributed by atoms with Gasteiger partial charge in [-0.25, -0.2) is 9.59 Å². The molecule has 0 aromatic carbocycles. The minimum absolute atomic E-state index is 0.0794. The van der Waals surface area contributed by atoms with Crippen LogP contribution in [0.4, 0.5) is 4.79 Å². The molecule has 0 saturated heterocycles. The van der Waals surface area contributed by atoms with Crippen molar-refractivity contribution in [1.29, 1.82) is 0 Å². The average molecular weight is 322 g/mol. The average Bonchev–Trinajstić information content (AvgIpc) is 2.50. The summed E-state index contributed by atoms with van der Waals surface area (Å²) in [6.45, 7) is 2.74. The van der Waals surface area contributed by atoms with Crippen LogP contribution < -0.4 is 10.6 Å². The van der Waals surface area contributed by atoms with Gasteiger partial charge in [0.05, 0.1) is 7.11 Å². The summed E-state index contributed by atoms with van der Waals surface area (Å²) in [6.07, 6.45) is 9.13. The van der Waals surface area contributed by atoms with Crippen LogP contribution in [-0.2, 0) is 9.53 Å². The number of carbonyl (C=O) groups excluding carboxylic acids is 2. The molecular formula is C18H30N2O3. The normalized spacial score (nSPS) is 35.7. The van der Waals surface area contributed by atoms with Gasteiger partial charge in [-0.05, 0) is 62.7 Å². The van der Waals surface area contributed by atoms with Gasteiger partial charge in [-0.3, -0.25) is 0 Å². The lowest BCUT2D eigenvalue weighted by molar-refractivity contribution is -0.154. The molecule has 0 radical (unpaired) electrons. The highest BCUT2D eigenvalue weighted by atomic mass is 16.5. The van der Waals surface area contributed by atoms with E-state index < -0.39 is 6.04 Å². The Kier molecular flexibility index (Phi) is 4.83. The first kappa shape index (κ1) is 16.6. The van der Waals surface area contributed by atoms with Crippen LogP contribution in [0.1, 0.15) is 58.3 Å². The number of unbranched alkanes of at least 4 members (excludes halogenated alkanes) is 1. The van der Waals surface area contributed by atoms with Crippen molar-refractivity contribution < 1.29 is 14.3 Å². The predicted octanol–water partition coefficient (Wildman–Crippen LogP) is 2.84. The van der Waals surface area contributed by atoms with Gasteiger partial charge in [-0.15, -0.1) is 0 Å². The lowest BCUT2D eigenvalue weighted by atomic mass is 9.47. The third-order valence-electron chi connectivity index (χ3n) is 6.23. The summed E-state index contributed by atoms with van der Waals surface area (Å²) in [4.78, 5) is 24.6. The Morgan fingerprint density at radius 1 is 1.13 bits per heavy atom. The smallest absolute Gasteiger partial charge is 0.329 e. The number of rotatable bonds is 6. The van der Waals surface area contributed by atoms with Gasteiger partial charge < -0.3 is 15.4 Å². The van der Waals surface area contributed by atoms with E-state index >= 15 is 0 Å². The van der Waals surface area contributed by atoms with Crippen molar-refractivity contribution in [1.82, 2.24) is 10.6 Å². The van der Waals surface area contributed by atoms with E-state index in [1.807, 2.05) is 0 Å². The van der Waals surface area contributed by atoms with Gasteiger partial charge in [-0.2, -0.15) is 0 Å². The standard InChI is InChI=1S/C18H30N2O3/c1-3-4-5-19-17(22)20-15(16(21)23-2)18-9-12-6-13(10-18)8-14(7-12)11-18/h12-15H,3-11H2,1-2H3,(H2,19,20,22)/t12?,13?,14?,15-,18?/m0/s1. The Hall–Kier alpha value is -1.26. The van der Waals surface area contributed by atoms with Gasteiger partial charge in [0, 0.05) is 12.0 Å². The van der Waals surface area contributed by atoms with Crippen LogP contribution in [-0.4, -0.2) is 31.7 Å². The fourth-order valence-electron chi connectivity index (χ4n) is 5.67. The summed E-state index contributed by atoms with van der Waals surface area (Å²) in [5.41, 5.74) is -0.0794. The van der Waals surface area contributed by atoms with E-state index in [0.717, 1.165) is 49.9 Å². The van der Waals surface area contributed by atoms with Crippen LogP contribution in [0.2, 0.25) is 0 Å². The molecule has 2 amide bonds. The zero-order chi connectivity index (χ0) is 16.4. The summed E-state index contributed by atoms with van der Waals surface area (Å²) >= 11 is 0. The molecule has 4 aliphatic carbocycles. The molecule has 4 fully saturated rings. The lowest BCUT2D eigenvalue weighted by Gasteiger charge is -2.58. The molecule has 4 saturated carbocycles. The second kappa shape index (κ2) is 6.70.